The van der Waals surface area contributed by atoms with Crippen molar-refractivity contribution < 1.29 is 14.3 Å². The molecular weight excluding hydrogens is 366 g/mol. The summed E-state index contributed by atoms with van der Waals surface area (Å²) in [6.45, 7) is 0.728. The molecule has 0 heterocycles. The van der Waals surface area contributed by atoms with Gasteiger partial charge in [0.25, 0.3) is 0 Å². The Morgan fingerprint density at radius 1 is 0.724 bits per heavy atom. The molecule has 0 saturated carbocycles. The van der Waals surface area contributed by atoms with Crippen molar-refractivity contribution in [3.8, 4) is 5.75 Å². The average molecular weight is 389 g/mol. The number of ether oxygens (including phenoxy) is 1. The molecule has 0 fully saturated rings. The quantitative estimate of drug-likeness (QED) is 0.534. The third-order valence-corrected chi connectivity index (χ3v) is 4.06. The van der Waals surface area contributed by atoms with Gasteiger partial charge in [-0.2, -0.15) is 0 Å². The molecule has 0 aliphatic rings. The number of anilines is 2. The van der Waals surface area contributed by atoms with Crippen LogP contribution in [0.4, 0.5) is 16.2 Å². The van der Waals surface area contributed by atoms with Crippen LogP contribution in [0.3, 0.4) is 0 Å². The van der Waals surface area contributed by atoms with E-state index in [1.54, 1.807) is 24.3 Å². The lowest BCUT2D eigenvalue weighted by atomic mass is 10.2. The fourth-order valence-electron chi connectivity index (χ4n) is 2.59. The third-order valence-electron chi connectivity index (χ3n) is 4.06. The minimum absolute atomic E-state index is 0.175. The van der Waals surface area contributed by atoms with Gasteiger partial charge in [-0.3, -0.25) is 4.79 Å². The fraction of sp³-hybridized carbons (Fsp3) is 0.130. The fourth-order valence-corrected chi connectivity index (χ4v) is 2.59. The highest BCUT2D eigenvalue weighted by molar-refractivity contribution is 5.92. The van der Waals surface area contributed by atoms with E-state index >= 15 is 0 Å². The summed E-state index contributed by atoms with van der Waals surface area (Å²) in [5.74, 6) is 0.550. The van der Waals surface area contributed by atoms with E-state index in [0.29, 0.717) is 18.0 Å². The Kier molecular flexibility index (Phi) is 7.23. The van der Waals surface area contributed by atoms with Gasteiger partial charge < -0.3 is 20.7 Å². The molecule has 0 aromatic heterocycles. The topological polar surface area (TPSA) is 79.5 Å². The number of urea groups is 1. The molecule has 0 aliphatic heterocycles. The van der Waals surface area contributed by atoms with Crippen molar-refractivity contribution in [1.82, 2.24) is 5.32 Å². The molecule has 29 heavy (non-hydrogen) atoms. The molecule has 0 saturated heterocycles. The molecule has 6 nitrogen and oxygen atoms in total. The Balaban J connectivity index is 1.36. The largest absolute Gasteiger partial charge is 0.489 e. The van der Waals surface area contributed by atoms with Crippen LogP contribution in [0.1, 0.15) is 12.0 Å². The highest BCUT2D eigenvalue weighted by Gasteiger charge is 2.05. The predicted octanol–water partition coefficient (Wildman–Crippen LogP) is 4.42. The van der Waals surface area contributed by atoms with E-state index in [2.05, 4.69) is 16.0 Å². The Bertz CT molecular complexity index is 913. The number of hydrogen-bond donors (Lipinski definition) is 3. The van der Waals surface area contributed by atoms with Crippen LogP contribution in [0.25, 0.3) is 0 Å². The molecule has 3 aromatic carbocycles. The lowest BCUT2D eigenvalue weighted by Gasteiger charge is -2.09. The van der Waals surface area contributed by atoms with E-state index in [-0.39, 0.29) is 24.9 Å². The minimum Gasteiger partial charge on any atom is -0.489 e. The summed E-state index contributed by atoms with van der Waals surface area (Å²) >= 11 is 0. The summed E-state index contributed by atoms with van der Waals surface area (Å²) in [6.07, 6.45) is 0.175. The first-order valence-corrected chi connectivity index (χ1v) is 9.35. The molecular formula is C23H23N3O3. The van der Waals surface area contributed by atoms with Crippen LogP contribution < -0.4 is 20.7 Å². The van der Waals surface area contributed by atoms with Crippen molar-refractivity contribution in [3.05, 3.63) is 90.5 Å². The van der Waals surface area contributed by atoms with Gasteiger partial charge in [0.15, 0.2) is 0 Å². The maximum absolute atomic E-state index is 12.0. The number of carbonyl (C=O) groups is 2. The molecule has 0 aliphatic carbocycles. The molecule has 3 amide bonds. The van der Waals surface area contributed by atoms with Gasteiger partial charge >= 0.3 is 6.03 Å². The lowest BCUT2D eigenvalue weighted by Crippen LogP contribution is -2.31. The van der Waals surface area contributed by atoms with Gasteiger partial charge in [-0.15, -0.1) is 0 Å². The third kappa shape index (κ3) is 7.03. The Morgan fingerprint density at radius 3 is 2.03 bits per heavy atom. The van der Waals surface area contributed by atoms with E-state index < -0.39 is 0 Å². The number of para-hydroxylation sites is 1. The zero-order valence-corrected chi connectivity index (χ0v) is 15.9. The number of hydrogen-bond acceptors (Lipinski definition) is 3. The van der Waals surface area contributed by atoms with E-state index in [4.69, 9.17) is 4.74 Å². The standard InChI is InChI=1S/C23H23N3O3/c27-22(15-16-24-23(28)26-19-9-5-2-6-10-19)25-20-11-13-21(14-12-20)29-17-18-7-3-1-4-8-18/h1-14H,15-17H2,(H,25,27)(H2,24,26,28). The van der Waals surface area contributed by atoms with Crippen molar-refractivity contribution in [3.63, 3.8) is 0 Å². The van der Waals surface area contributed by atoms with Crippen LogP contribution >= 0.6 is 0 Å². The molecule has 0 atom stereocenters. The Morgan fingerprint density at radius 2 is 1.34 bits per heavy atom. The normalized spacial score (nSPS) is 10.1. The first-order chi connectivity index (χ1) is 14.2. The van der Waals surface area contributed by atoms with Crippen LogP contribution in [0.5, 0.6) is 5.75 Å². The van der Waals surface area contributed by atoms with Crippen LogP contribution in [-0.2, 0) is 11.4 Å². The highest BCUT2D eigenvalue weighted by Crippen LogP contribution is 2.17. The van der Waals surface area contributed by atoms with E-state index in [0.717, 1.165) is 11.3 Å². The second kappa shape index (κ2) is 10.5. The molecule has 3 N–H and O–H groups in total. The first-order valence-electron chi connectivity index (χ1n) is 9.35. The predicted molar refractivity (Wildman–Crippen MR) is 114 cm³/mol. The molecule has 6 heteroatoms. The molecule has 0 unspecified atom stereocenters. The van der Waals surface area contributed by atoms with Crippen LogP contribution in [0.2, 0.25) is 0 Å². The van der Waals surface area contributed by atoms with Gasteiger partial charge in [0, 0.05) is 24.3 Å². The number of rotatable bonds is 8. The second-order valence-electron chi connectivity index (χ2n) is 6.34. The molecule has 0 bridgehead atoms. The Hall–Kier alpha value is -3.80. The van der Waals surface area contributed by atoms with Gasteiger partial charge in [0.2, 0.25) is 5.91 Å². The summed E-state index contributed by atoms with van der Waals surface area (Å²) in [5.41, 5.74) is 2.47. The number of amides is 3. The van der Waals surface area contributed by atoms with E-state index in [1.165, 1.54) is 0 Å². The minimum atomic E-state index is -0.344. The molecule has 3 aromatic rings. The van der Waals surface area contributed by atoms with Crippen LogP contribution in [-0.4, -0.2) is 18.5 Å². The highest BCUT2D eigenvalue weighted by atomic mass is 16.5. The monoisotopic (exact) mass is 389 g/mol. The number of benzene rings is 3. The zero-order chi connectivity index (χ0) is 20.3. The maximum Gasteiger partial charge on any atom is 0.319 e. The van der Waals surface area contributed by atoms with Gasteiger partial charge in [-0.25, -0.2) is 4.79 Å². The number of nitrogens with one attached hydrogen (secondary N) is 3. The van der Waals surface area contributed by atoms with Gasteiger partial charge in [-0.1, -0.05) is 48.5 Å². The number of carbonyl (C=O) groups excluding carboxylic acids is 2. The van der Waals surface area contributed by atoms with Crippen molar-refractivity contribution in [1.29, 1.82) is 0 Å². The van der Waals surface area contributed by atoms with Crippen molar-refractivity contribution >= 4 is 23.3 Å². The summed E-state index contributed by atoms with van der Waals surface area (Å²) in [4.78, 5) is 23.8. The average Bonchev–Trinajstić information content (AvgIpc) is 2.75. The van der Waals surface area contributed by atoms with E-state index in [1.807, 2.05) is 60.7 Å². The first kappa shape index (κ1) is 19.9. The lowest BCUT2D eigenvalue weighted by molar-refractivity contribution is -0.116. The SMILES string of the molecule is O=C(CCNC(=O)Nc1ccccc1)Nc1ccc(OCc2ccccc2)cc1. The second-order valence-corrected chi connectivity index (χ2v) is 6.34. The van der Waals surface area contributed by atoms with Crippen LogP contribution in [0.15, 0.2) is 84.9 Å². The van der Waals surface area contributed by atoms with Gasteiger partial charge in [-0.05, 0) is 42.0 Å². The van der Waals surface area contributed by atoms with Crippen LogP contribution in [0, 0.1) is 0 Å². The van der Waals surface area contributed by atoms with Crippen molar-refractivity contribution in [2.24, 2.45) is 0 Å². The summed E-state index contributed by atoms with van der Waals surface area (Å²) in [5, 5.41) is 8.16. The van der Waals surface area contributed by atoms with E-state index in [9.17, 15) is 9.59 Å². The smallest absolute Gasteiger partial charge is 0.319 e. The van der Waals surface area contributed by atoms with Gasteiger partial charge in [0.1, 0.15) is 12.4 Å². The molecule has 0 radical (unpaired) electrons. The van der Waals surface area contributed by atoms with Crippen molar-refractivity contribution in [2.45, 2.75) is 13.0 Å². The zero-order valence-electron chi connectivity index (χ0n) is 15.9. The summed E-state index contributed by atoms with van der Waals surface area (Å²) in [7, 11) is 0. The van der Waals surface area contributed by atoms with Gasteiger partial charge in [0.05, 0.1) is 0 Å². The molecule has 3 rings (SSSR count). The molecule has 0 spiro atoms. The van der Waals surface area contributed by atoms with Crippen molar-refractivity contribution in [2.75, 3.05) is 17.2 Å². The molecule has 148 valence electrons. The summed E-state index contributed by atoms with van der Waals surface area (Å²) in [6, 6.07) is 25.9. The Labute approximate surface area is 169 Å². The summed E-state index contributed by atoms with van der Waals surface area (Å²) < 4.78 is 5.72. The maximum atomic E-state index is 12.0.